The molecule has 32 heavy (non-hydrogen) atoms. The van der Waals surface area contributed by atoms with Crippen LogP contribution in [0.3, 0.4) is 0 Å². The number of esters is 1. The highest BCUT2D eigenvalue weighted by Gasteiger charge is 2.30. The molecule has 2 N–H and O–H groups in total. The van der Waals surface area contributed by atoms with Crippen LogP contribution in [-0.2, 0) is 20.5 Å². The van der Waals surface area contributed by atoms with E-state index in [2.05, 4.69) is 15.0 Å². The summed E-state index contributed by atoms with van der Waals surface area (Å²) in [5, 5.41) is 3.48. The number of benzene rings is 2. The van der Waals surface area contributed by atoms with Crippen LogP contribution in [0.5, 0.6) is 0 Å². The molecule has 2 aromatic carbocycles. The van der Waals surface area contributed by atoms with E-state index in [9.17, 15) is 22.8 Å². The van der Waals surface area contributed by atoms with Crippen molar-refractivity contribution in [2.24, 2.45) is 10.9 Å². The van der Waals surface area contributed by atoms with Crippen molar-refractivity contribution in [3.63, 3.8) is 0 Å². The number of methoxy groups -OCH3 is 1. The molecule has 0 unspecified atom stereocenters. The minimum Gasteiger partial charge on any atom is -0.464 e. The van der Waals surface area contributed by atoms with Crippen LogP contribution in [-0.4, -0.2) is 29.9 Å². The van der Waals surface area contributed by atoms with Gasteiger partial charge in [-0.05, 0) is 24.3 Å². The molecule has 3 aromatic rings. The minimum absolute atomic E-state index is 0.0498. The van der Waals surface area contributed by atoms with Crippen molar-refractivity contribution in [1.82, 2.24) is 4.98 Å². The van der Waals surface area contributed by atoms with E-state index in [0.29, 0.717) is 11.1 Å². The molecule has 0 amide bonds. The molecule has 0 spiro atoms. The highest BCUT2D eigenvalue weighted by molar-refractivity contribution is 5.98. The number of nitrogens with two attached hydrogens (primary N) is 1. The third-order valence-electron chi connectivity index (χ3n) is 4.18. The van der Waals surface area contributed by atoms with Crippen LogP contribution in [0.4, 0.5) is 13.2 Å². The van der Waals surface area contributed by atoms with Gasteiger partial charge in [-0.15, -0.1) is 0 Å². The number of alkyl halides is 3. The number of amidine groups is 1. The van der Waals surface area contributed by atoms with Gasteiger partial charge in [-0.3, -0.25) is 0 Å². The van der Waals surface area contributed by atoms with Crippen LogP contribution >= 0.6 is 0 Å². The first-order valence-corrected chi connectivity index (χ1v) is 8.98. The average Bonchev–Trinajstić information content (AvgIpc) is 3.22. The number of hydrogen-bond acceptors (Lipinski definition) is 7. The number of oxime groups is 1. The highest BCUT2D eigenvalue weighted by atomic mass is 19.4. The van der Waals surface area contributed by atoms with Gasteiger partial charge < -0.3 is 19.7 Å². The molecular formula is C21H16F3N3O5. The van der Waals surface area contributed by atoms with E-state index < -0.39 is 23.7 Å². The molecule has 0 saturated carbocycles. The third-order valence-corrected chi connectivity index (χ3v) is 4.18. The lowest BCUT2D eigenvalue weighted by Gasteiger charge is -2.06. The molecule has 0 saturated heterocycles. The van der Waals surface area contributed by atoms with Gasteiger partial charge in [0, 0.05) is 23.6 Å². The van der Waals surface area contributed by atoms with Crippen molar-refractivity contribution >= 4 is 17.8 Å². The van der Waals surface area contributed by atoms with E-state index in [4.69, 9.17) is 14.9 Å². The van der Waals surface area contributed by atoms with Crippen LogP contribution in [0.15, 0.2) is 58.1 Å². The fourth-order valence-corrected chi connectivity index (χ4v) is 2.63. The van der Waals surface area contributed by atoms with Gasteiger partial charge in [0.05, 0.1) is 12.7 Å². The van der Waals surface area contributed by atoms with Gasteiger partial charge >= 0.3 is 18.1 Å². The van der Waals surface area contributed by atoms with Crippen LogP contribution in [0.2, 0.25) is 0 Å². The predicted octanol–water partition coefficient (Wildman–Crippen LogP) is 4.00. The number of rotatable bonds is 5. The number of nitrogens with zero attached hydrogens (tertiary/aromatic N) is 2. The van der Waals surface area contributed by atoms with Crippen molar-refractivity contribution in [1.29, 1.82) is 0 Å². The van der Waals surface area contributed by atoms with E-state index in [-0.39, 0.29) is 28.7 Å². The molecule has 0 aliphatic heterocycles. The molecule has 0 bridgehead atoms. The third kappa shape index (κ3) is 4.94. The molecule has 0 aliphatic carbocycles. The van der Waals surface area contributed by atoms with E-state index in [1.807, 2.05) is 0 Å². The van der Waals surface area contributed by atoms with Gasteiger partial charge in [0.1, 0.15) is 0 Å². The summed E-state index contributed by atoms with van der Waals surface area (Å²) in [4.78, 5) is 31.6. The Bertz CT molecular complexity index is 1170. The second-order valence-electron chi connectivity index (χ2n) is 6.40. The number of carbonyl (C=O) groups is 2. The van der Waals surface area contributed by atoms with Crippen molar-refractivity contribution in [3.8, 4) is 22.8 Å². The Morgan fingerprint density at radius 2 is 1.62 bits per heavy atom. The first-order chi connectivity index (χ1) is 15.1. The molecule has 166 valence electrons. The van der Waals surface area contributed by atoms with Gasteiger partial charge in [0.25, 0.3) is 0 Å². The zero-order valence-electron chi connectivity index (χ0n) is 16.8. The maximum absolute atomic E-state index is 12.8. The number of aromatic nitrogens is 1. The molecule has 0 atom stereocenters. The Kier molecular flexibility index (Phi) is 6.28. The number of carbonyl (C=O) groups excluding carboxylic acids is 2. The van der Waals surface area contributed by atoms with Crippen LogP contribution in [0, 0.1) is 0 Å². The lowest BCUT2D eigenvalue weighted by Crippen LogP contribution is -2.14. The summed E-state index contributed by atoms with van der Waals surface area (Å²) in [7, 11) is 1.16. The lowest BCUT2D eigenvalue weighted by molar-refractivity contribution is -0.141. The normalized spacial score (nSPS) is 11.8. The van der Waals surface area contributed by atoms with Crippen molar-refractivity contribution in [2.45, 2.75) is 13.1 Å². The zero-order valence-corrected chi connectivity index (χ0v) is 16.8. The Hall–Kier alpha value is -4.15. The lowest BCUT2D eigenvalue weighted by atomic mass is 10.1. The second-order valence-corrected chi connectivity index (χ2v) is 6.40. The molecule has 0 radical (unpaired) electrons. The summed E-state index contributed by atoms with van der Waals surface area (Å²) in [5.41, 5.74) is 5.84. The summed E-state index contributed by atoms with van der Waals surface area (Å²) >= 11 is 0. The monoisotopic (exact) mass is 447 g/mol. The number of halogens is 3. The number of oxazole rings is 1. The molecule has 0 fully saturated rings. The summed E-state index contributed by atoms with van der Waals surface area (Å²) in [6.45, 7) is 1.17. The van der Waals surface area contributed by atoms with Crippen molar-refractivity contribution in [3.05, 3.63) is 65.4 Å². The van der Waals surface area contributed by atoms with Gasteiger partial charge in [0.15, 0.2) is 17.3 Å². The van der Waals surface area contributed by atoms with Crippen molar-refractivity contribution < 1.29 is 36.8 Å². The first-order valence-electron chi connectivity index (χ1n) is 8.98. The smallest absolute Gasteiger partial charge is 0.416 e. The maximum Gasteiger partial charge on any atom is 0.416 e. The molecule has 3 rings (SSSR count). The Balaban J connectivity index is 1.98. The Morgan fingerprint density at radius 3 is 2.16 bits per heavy atom. The quantitative estimate of drug-likeness (QED) is 0.207. The number of hydrogen-bond donors (Lipinski definition) is 1. The molecular weight excluding hydrogens is 431 g/mol. The standard InChI is InChI=1S/C21H16F3N3O5/c1-11(28)32-27-18(25)13-5-3-12(4-6-13)17-16(20(29)30-2)26-19(31-17)14-7-9-15(10-8-14)21(22,23)24/h3-10H,1-2H3,(H2,25,27). The van der Waals surface area contributed by atoms with Crippen LogP contribution in [0.1, 0.15) is 28.5 Å². The minimum atomic E-state index is -4.49. The molecule has 1 heterocycles. The SMILES string of the molecule is COC(=O)c1nc(-c2ccc(C(F)(F)F)cc2)oc1-c1ccc(/C(N)=N/OC(C)=O)cc1. The van der Waals surface area contributed by atoms with Crippen molar-refractivity contribution in [2.75, 3.05) is 7.11 Å². The van der Waals surface area contributed by atoms with Gasteiger partial charge in [-0.2, -0.15) is 13.2 Å². The zero-order chi connectivity index (χ0) is 23.5. The number of ether oxygens (including phenoxy) is 1. The summed E-state index contributed by atoms with van der Waals surface area (Å²) < 4.78 is 48.8. The topological polar surface area (TPSA) is 117 Å². The Morgan fingerprint density at radius 1 is 1.03 bits per heavy atom. The van der Waals surface area contributed by atoms with Gasteiger partial charge in [-0.25, -0.2) is 14.6 Å². The first kappa shape index (κ1) is 22.5. The van der Waals surface area contributed by atoms with E-state index in [1.54, 1.807) is 24.3 Å². The predicted molar refractivity (Wildman–Crippen MR) is 106 cm³/mol. The van der Waals surface area contributed by atoms with Gasteiger partial charge in [0.2, 0.25) is 5.89 Å². The van der Waals surface area contributed by atoms with Crippen LogP contribution < -0.4 is 5.73 Å². The Labute approximate surface area is 179 Å². The molecule has 8 nitrogen and oxygen atoms in total. The highest BCUT2D eigenvalue weighted by Crippen LogP contribution is 2.33. The van der Waals surface area contributed by atoms with Gasteiger partial charge in [-0.1, -0.05) is 29.4 Å². The van der Waals surface area contributed by atoms with Crippen LogP contribution in [0.25, 0.3) is 22.8 Å². The summed E-state index contributed by atoms with van der Waals surface area (Å²) in [6, 6.07) is 10.3. The summed E-state index contributed by atoms with van der Waals surface area (Å²) in [5.74, 6) is -1.49. The molecule has 1 aromatic heterocycles. The van der Waals surface area contributed by atoms with E-state index >= 15 is 0 Å². The summed E-state index contributed by atoms with van der Waals surface area (Å²) in [6.07, 6.45) is -4.49. The second kappa shape index (κ2) is 8.92. The fourth-order valence-electron chi connectivity index (χ4n) is 2.63. The maximum atomic E-state index is 12.8. The van der Waals surface area contributed by atoms with E-state index in [0.717, 1.165) is 19.2 Å². The average molecular weight is 447 g/mol. The van der Waals surface area contributed by atoms with E-state index in [1.165, 1.54) is 19.1 Å². The largest absolute Gasteiger partial charge is 0.464 e. The fraction of sp³-hybridized carbons (Fsp3) is 0.143. The molecule has 0 aliphatic rings. The molecule has 11 heteroatoms.